The van der Waals surface area contributed by atoms with E-state index in [-0.39, 0.29) is 29.7 Å². The van der Waals surface area contributed by atoms with E-state index in [0.717, 1.165) is 12.0 Å². The van der Waals surface area contributed by atoms with Gasteiger partial charge in [-0.1, -0.05) is 18.2 Å². The lowest BCUT2D eigenvalue weighted by Crippen LogP contribution is -2.37. The van der Waals surface area contributed by atoms with E-state index in [9.17, 15) is 9.90 Å². The number of rotatable bonds is 3. The molecule has 4 heteroatoms. The van der Waals surface area contributed by atoms with Gasteiger partial charge in [0.15, 0.2) is 0 Å². The molecule has 1 aliphatic rings. The molecular formula is C15H21NO3. The molecule has 3 unspecified atom stereocenters. The molecule has 0 radical (unpaired) electrons. The molecule has 1 aliphatic heterocycles. The van der Waals surface area contributed by atoms with Crippen LogP contribution in [0.25, 0.3) is 0 Å². The summed E-state index contributed by atoms with van der Waals surface area (Å²) in [5, 5.41) is 9.87. The molecule has 19 heavy (non-hydrogen) atoms. The average molecular weight is 263 g/mol. The van der Waals surface area contributed by atoms with Gasteiger partial charge in [-0.15, -0.1) is 0 Å². The summed E-state index contributed by atoms with van der Waals surface area (Å²) in [6.07, 6.45) is 0.754. The Hall–Kier alpha value is -1.55. The second kappa shape index (κ2) is 5.61. The predicted octanol–water partition coefficient (Wildman–Crippen LogP) is 2.34. The van der Waals surface area contributed by atoms with E-state index >= 15 is 0 Å². The summed E-state index contributed by atoms with van der Waals surface area (Å²) in [6.45, 7) is 4.51. The predicted molar refractivity (Wildman–Crippen MR) is 72.8 cm³/mol. The van der Waals surface area contributed by atoms with Crippen molar-refractivity contribution in [3.63, 3.8) is 0 Å². The van der Waals surface area contributed by atoms with Crippen molar-refractivity contribution in [2.24, 2.45) is 5.92 Å². The van der Waals surface area contributed by atoms with Gasteiger partial charge in [0, 0.05) is 19.2 Å². The minimum atomic E-state index is -0.151. The Morgan fingerprint density at radius 3 is 2.74 bits per heavy atom. The number of phenolic OH excluding ortho intramolecular Hbond substituents is 1. The maximum absolute atomic E-state index is 12.4. The van der Waals surface area contributed by atoms with Crippen molar-refractivity contribution in [1.82, 2.24) is 4.90 Å². The zero-order valence-corrected chi connectivity index (χ0v) is 11.7. The van der Waals surface area contributed by atoms with Gasteiger partial charge in [-0.2, -0.15) is 0 Å². The second-order valence-corrected chi connectivity index (χ2v) is 5.16. The van der Waals surface area contributed by atoms with Gasteiger partial charge in [-0.05, 0) is 26.3 Å². The largest absolute Gasteiger partial charge is 0.508 e. The zero-order chi connectivity index (χ0) is 14.0. The SMILES string of the molecule is CC1OCCC1C(=O)N(C)C(C)c1ccccc1O. The van der Waals surface area contributed by atoms with Crippen LogP contribution in [0.4, 0.5) is 0 Å². The summed E-state index contributed by atoms with van der Waals surface area (Å²) in [5.74, 6) is 0.240. The Morgan fingerprint density at radius 2 is 2.16 bits per heavy atom. The number of aromatic hydroxyl groups is 1. The summed E-state index contributed by atoms with van der Waals surface area (Å²) >= 11 is 0. The highest BCUT2D eigenvalue weighted by Gasteiger charge is 2.34. The van der Waals surface area contributed by atoms with E-state index in [2.05, 4.69) is 0 Å². The number of para-hydroxylation sites is 1. The first-order valence-corrected chi connectivity index (χ1v) is 6.68. The number of benzene rings is 1. The van der Waals surface area contributed by atoms with E-state index in [4.69, 9.17) is 4.74 Å². The molecule has 104 valence electrons. The van der Waals surface area contributed by atoms with E-state index in [1.165, 1.54) is 0 Å². The first-order valence-electron chi connectivity index (χ1n) is 6.68. The molecule has 1 aromatic rings. The van der Waals surface area contributed by atoms with Crippen LogP contribution >= 0.6 is 0 Å². The van der Waals surface area contributed by atoms with Crippen LogP contribution < -0.4 is 0 Å². The molecule has 2 rings (SSSR count). The quantitative estimate of drug-likeness (QED) is 0.910. The molecule has 1 saturated heterocycles. The fourth-order valence-electron chi connectivity index (χ4n) is 2.56. The molecule has 3 atom stereocenters. The summed E-state index contributed by atoms with van der Waals surface area (Å²) in [5.41, 5.74) is 0.768. The van der Waals surface area contributed by atoms with Crippen LogP contribution in [0.5, 0.6) is 5.75 Å². The second-order valence-electron chi connectivity index (χ2n) is 5.16. The van der Waals surface area contributed by atoms with Crippen LogP contribution in [-0.4, -0.2) is 35.7 Å². The number of amides is 1. The van der Waals surface area contributed by atoms with Crippen molar-refractivity contribution in [2.75, 3.05) is 13.7 Å². The van der Waals surface area contributed by atoms with E-state index < -0.39 is 0 Å². The number of nitrogens with zero attached hydrogens (tertiary/aromatic N) is 1. The lowest BCUT2D eigenvalue weighted by Gasteiger charge is -2.29. The molecule has 0 aromatic heterocycles. The summed E-state index contributed by atoms with van der Waals surface area (Å²) in [4.78, 5) is 14.1. The number of hydrogen-bond acceptors (Lipinski definition) is 3. The van der Waals surface area contributed by atoms with Crippen LogP contribution in [0.15, 0.2) is 24.3 Å². The monoisotopic (exact) mass is 263 g/mol. The molecule has 0 saturated carbocycles. The molecule has 1 fully saturated rings. The normalized spacial score (nSPS) is 24.2. The number of ether oxygens (including phenoxy) is 1. The molecule has 1 amide bonds. The van der Waals surface area contributed by atoms with Gasteiger partial charge in [-0.3, -0.25) is 4.79 Å². The average Bonchev–Trinajstić information content (AvgIpc) is 2.83. The fourth-order valence-corrected chi connectivity index (χ4v) is 2.56. The Labute approximate surface area is 114 Å². The molecule has 1 N–H and O–H groups in total. The summed E-state index contributed by atoms with van der Waals surface area (Å²) < 4.78 is 5.45. The number of carbonyl (C=O) groups excluding carboxylic acids is 1. The highest BCUT2D eigenvalue weighted by Crippen LogP contribution is 2.30. The number of hydrogen-bond donors (Lipinski definition) is 1. The van der Waals surface area contributed by atoms with Crippen molar-refractivity contribution in [3.05, 3.63) is 29.8 Å². The maximum atomic E-state index is 12.4. The Morgan fingerprint density at radius 1 is 1.47 bits per heavy atom. The zero-order valence-electron chi connectivity index (χ0n) is 11.7. The maximum Gasteiger partial charge on any atom is 0.228 e. The number of carbonyl (C=O) groups is 1. The minimum absolute atomic E-state index is 0.0217. The molecule has 1 heterocycles. The standard InChI is InChI=1S/C15H21NO3/c1-10(12-6-4-5-7-14(12)17)16(3)15(18)13-8-9-19-11(13)2/h4-7,10-11,13,17H,8-9H2,1-3H3. The first kappa shape index (κ1) is 13.9. The minimum Gasteiger partial charge on any atom is -0.508 e. The van der Waals surface area contributed by atoms with Gasteiger partial charge in [0.1, 0.15) is 5.75 Å². The van der Waals surface area contributed by atoms with E-state index in [0.29, 0.717) is 6.61 Å². The van der Waals surface area contributed by atoms with Gasteiger partial charge in [0.05, 0.1) is 18.1 Å². The van der Waals surface area contributed by atoms with Crippen molar-refractivity contribution < 1.29 is 14.6 Å². The Balaban J connectivity index is 2.13. The number of phenols is 1. The topological polar surface area (TPSA) is 49.8 Å². The van der Waals surface area contributed by atoms with Crippen LogP contribution in [-0.2, 0) is 9.53 Å². The van der Waals surface area contributed by atoms with E-state index in [1.807, 2.05) is 26.0 Å². The van der Waals surface area contributed by atoms with Gasteiger partial charge in [0.2, 0.25) is 5.91 Å². The van der Waals surface area contributed by atoms with Gasteiger partial charge < -0.3 is 14.7 Å². The van der Waals surface area contributed by atoms with Crippen molar-refractivity contribution in [3.8, 4) is 5.75 Å². The van der Waals surface area contributed by atoms with Crippen molar-refractivity contribution >= 4 is 5.91 Å². The fraction of sp³-hybridized carbons (Fsp3) is 0.533. The van der Waals surface area contributed by atoms with Crippen molar-refractivity contribution in [1.29, 1.82) is 0 Å². The van der Waals surface area contributed by atoms with Crippen LogP contribution in [0.1, 0.15) is 31.9 Å². The van der Waals surface area contributed by atoms with E-state index in [1.54, 1.807) is 24.1 Å². The third kappa shape index (κ3) is 2.73. The smallest absolute Gasteiger partial charge is 0.228 e. The molecule has 0 aliphatic carbocycles. The molecule has 4 nitrogen and oxygen atoms in total. The van der Waals surface area contributed by atoms with Gasteiger partial charge in [0.25, 0.3) is 0 Å². The molecule has 0 spiro atoms. The van der Waals surface area contributed by atoms with Crippen LogP contribution in [0, 0.1) is 5.92 Å². The Kier molecular flexibility index (Phi) is 4.10. The van der Waals surface area contributed by atoms with Crippen molar-refractivity contribution in [2.45, 2.75) is 32.4 Å². The first-order chi connectivity index (χ1) is 9.02. The molecule has 1 aromatic carbocycles. The Bertz CT molecular complexity index is 460. The third-order valence-corrected chi connectivity index (χ3v) is 4.01. The molecule has 0 bridgehead atoms. The van der Waals surface area contributed by atoms with Gasteiger partial charge >= 0.3 is 0 Å². The van der Waals surface area contributed by atoms with Crippen LogP contribution in [0.3, 0.4) is 0 Å². The lowest BCUT2D eigenvalue weighted by molar-refractivity contribution is -0.137. The highest BCUT2D eigenvalue weighted by molar-refractivity contribution is 5.80. The highest BCUT2D eigenvalue weighted by atomic mass is 16.5. The third-order valence-electron chi connectivity index (χ3n) is 4.01. The molecular weight excluding hydrogens is 242 g/mol. The lowest BCUT2D eigenvalue weighted by atomic mass is 9.99. The summed E-state index contributed by atoms with van der Waals surface area (Å²) in [6, 6.07) is 6.98. The van der Waals surface area contributed by atoms with Gasteiger partial charge in [-0.25, -0.2) is 0 Å². The van der Waals surface area contributed by atoms with Crippen LogP contribution in [0.2, 0.25) is 0 Å². The summed E-state index contributed by atoms with van der Waals surface area (Å²) in [7, 11) is 1.78.